The predicted octanol–water partition coefficient (Wildman–Crippen LogP) is 3.34. The molecule has 20 heavy (non-hydrogen) atoms. The number of rotatable bonds is 4. The minimum atomic E-state index is -0.714. The Labute approximate surface area is 124 Å². The lowest BCUT2D eigenvalue weighted by Crippen LogP contribution is -2.53. The summed E-state index contributed by atoms with van der Waals surface area (Å²) in [7, 11) is 0. The minimum absolute atomic E-state index is 0.180. The maximum absolute atomic E-state index is 11.6. The summed E-state index contributed by atoms with van der Waals surface area (Å²) in [6.45, 7) is 9.86. The molecule has 112 valence electrons. The highest BCUT2D eigenvalue weighted by molar-refractivity contribution is 7.09. The topological polar surface area (TPSA) is 53.4 Å². The summed E-state index contributed by atoms with van der Waals surface area (Å²) in [5.41, 5.74) is 0.823. The van der Waals surface area contributed by atoms with Gasteiger partial charge in [0.15, 0.2) is 0 Å². The zero-order valence-corrected chi connectivity index (χ0v) is 13.5. The molecule has 4 nitrogen and oxygen atoms in total. The van der Waals surface area contributed by atoms with Gasteiger partial charge in [0.1, 0.15) is 6.04 Å². The molecule has 2 heterocycles. The first-order valence-electron chi connectivity index (χ1n) is 7.22. The number of hydrogen-bond donors (Lipinski definition) is 1. The van der Waals surface area contributed by atoms with Crippen LogP contribution in [0.5, 0.6) is 0 Å². The van der Waals surface area contributed by atoms with Crippen LogP contribution in [0.15, 0.2) is 5.38 Å². The van der Waals surface area contributed by atoms with E-state index in [1.54, 1.807) is 11.3 Å². The molecule has 1 unspecified atom stereocenters. The van der Waals surface area contributed by atoms with Crippen LogP contribution in [0.3, 0.4) is 0 Å². The molecule has 0 aliphatic carbocycles. The van der Waals surface area contributed by atoms with Crippen molar-refractivity contribution in [2.24, 2.45) is 5.41 Å². The molecular formula is C15H24N2O2S. The van der Waals surface area contributed by atoms with E-state index in [0.717, 1.165) is 30.1 Å². The molecule has 1 aliphatic rings. The molecule has 1 saturated heterocycles. The van der Waals surface area contributed by atoms with E-state index in [-0.39, 0.29) is 5.41 Å². The Morgan fingerprint density at radius 3 is 2.85 bits per heavy atom. The van der Waals surface area contributed by atoms with Crippen LogP contribution in [-0.2, 0) is 11.3 Å². The molecule has 1 atom stereocenters. The van der Waals surface area contributed by atoms with Gasteiger partial charge in [-0.25, -0.2) is 4.98 Å². The normalized spacial score (nSPS) is 23.1. The highest BCUT2D eigenvalue weighted by Crippen LogP contribution is 2.36. The van der Waals surface area contributed by atoms with Crippen molar-refractivity contribution in [1.82, 2.24) is 9.88 Å². The predicted molar refractivity (Wildman–Crippen MR) is 81.1 cm³/mol. The molecule has 1 fully saturated rings. The van der Waals surface area contributed by atoms with Gasteiger partial charge in [0, 0.05) is 17.8 Å². The molecular weight excluding hydrogens is 272 g/mol. The molecule has 0 saturated carbocycles. The fourth-order valence-electron chi connectivity index (χ4n) is 3.03. The van der Waals surface area contributed by atoms with E-state index in [0.29, 0.717) is 12.5 Å². The monoisotopic (exact) mass is 296 g/mol. The number of likely N-dealkylation sites (tertiary alicyclic amines) is 1. The van der Waals surface area contributed by atoms with Gasteiger partial charge in [-0.15, -0.1) is 11.3 Å². The van der Waals surface area contributed by atoms with E-state index < -0.39 is 12.0 Å². The molecule has 0 spiro atoms. The molecule has 0 aromatic carbocycles. The summed E-state index contributed by atoms with van der Waals surface area (Å²) in [6, 6.07) is -0.416. The summed E-state index contributed by atoms with van der Waals surface area (Å²) in [5, 5.41) is 12.7. The maximum atomic E-state index is 11.6. The fourth-order valence-corrected chi connectivity index (χ4v) is 3.85. The van der Waals surface area contributed by atoms with Crippen LogP contribution in [0.1, 0.15) is 57.2 Å². The zero-order chi connectivity index (χ0) is 14.9. The van der Waals surface area contributed by atoms with Crippen molar-refractivity contribution in [3.63, 3.8) is 0 Å². The number of nitrogens with zero attached hydrogens (tertiary/aromatic N) is 2. The molecule has 2 rings (SSSR count). The van der Waals surface area contributed by atoms with Crippen molar-refractivity contribution in [2.75, 3.05) is 6.54 Å². The van der Waals surface area contributed by atoms with Crippen LogP contribution < -0.4 is 0 Å². The maximum Gasteiger partial charge on any atom is 0.321 e. The lowest BCUT2D eigenvalue weighted by Gasteiger charge is -2.43. The van der Waals surface area contributed by atoms with Crippen LogP contribution in [-0.4, -0.2) is 33.5 Å². The van der Waals surface area contributed by atoms with Gasteiger partial charge in [-0.05, 0) is 24.8 Å². The van der Waals surface area contributed by atoms with Gasteiger partial charge < -0.3 is 5.11 Å². The quantitative estimate of drug-likeness (QED) is 0.926. The van der Waals surface area contributed by atoms with Crippen molar-refractivity contribution < 1.29 is 9.90 Å². The van der Waals surface area contributed by atoms with Crippen molar-refractivity contribution in [3.8, 4) is 0 Å². The lowest BCUT2D eigenvalue weighted by atomic mass is 9.76. The van der Waals surface area contributed by atoms with Gasteiger partial charge in [0.25, 0.3) is 0 Å². The summed E-state index contributed by atoms with van der Waals surface area (Å²) >= 11 is 1.67. The molecule has 5 heteroatoms. The van der Waals surface area contributed by atoms with Crippen LogP contribution in [0, 0.1) is 5.41 Å². The SMILES string of the molecule is CC(C)c1nc(CN2CCCC(C)(C)C2C(=O)O)cs1. The van der Waals surface area contributed by atoms with Crippen LogP contribution in [0.4, 0.5) is 0 Å². The largest absolute Gasteiger partial charge is 0.480 e. The minimum Gasteiger partial charge on any atom is -0.480 e. The molecule has 1 aliphatic heterocycles. The van der Waals surface area contributed by atoms with Gasteiger partial charge in [0.2, 0.25) is 0 Å². The Morgan fingerprint density at radius 2 is 2.30 bits per heavy atom. The van der Waals surface area contributed by atoms with Crippen molar-refractivity contribution in [1.29, 1.82) is 0 Å². The smallest absolute Gasteiger partial charge is 0.321 e. The number of carboxylic acid groups (broad SMARTS) is 1. The van der Waals surface area contributed by atoms with Crippen LogP contribution in [0.2, 0.25) is 0 Å². The Morgan fingerprint density at radius 1 is 1.60 bits per heavy atom. The average molecular weight is 296 g/mol. The molecule has 1 aromatic heterocycles. The Hall–Kier alpha value is -0.940. The molecule has 0 amide bonds. The van der Waals surface area contributed by atoms with Crippen molar-refractivity contribution in [2.45, 2.75) is 59.0 Å². The number of aromatic nitrogens is 1. The highest BCUT2D eigenvalue weighted by atomic mass is 32.1. The first-order valence-corrected chi connectivity index (χ1v) is 8.10. The second kappa shape index (κ2) is 5.82. The molecule has 0 bridgehead atoms. The molecule has 1 N–H and O–H groups in total. The number of hydrogen-bond acceptors (Lipinski definition) is 4. The van der Waals surface area contributed by atoms with E-state index in [4.69, 9.17) is 0 Å². The third-order valence-corrected chi connectivity index (χ3v) is 5.23. The van der Waals surface area contributed by atoms with Gasteiger partial charge in [-0.3, -0.25) is 9.69 Å². The zero-order valence-electron chi connectivity index (χ0n) is 12.7. The van der Waals surface area contributed by atoms with E-state index in [1.165, 1.54) is 0 Å². The molecule has 1 aromatic rings. The highest BCUT2D eigenvalue weighted by Gasteiger charge is 2.42. The van der Waals surface area contributed by atoms with Gasteiger partial charge in [-0.2, -0.15) is 0 Å². The third kappa shape index (κ3) is 3.20. The van der Waals surface area contributed by atoms with E-state index in [9.17, 15) is 9.90 Å². The van der Waals surface area contributed by atoms with Gasteiger partial charge >= 0.3 is 5.97 Å². The van der Waals surface area contributed by atoms with Crippen LogP contribution >= 0.6 is 11.3 Å². The lowest BCUT2D eigenvalue weighted by molar-refractivity contribution is -0.151. The number of carboxylic acids is 1. The third-order valence-electron chi connectivity index (χ3n) is 4.03. The second-order valence-corrected chi connectivity index (χ2v) is 7.52. The van der Waals surface area contributed by atoms with E-state index >= 15 is 0 Å². The standard InChI is InChI=1S/C15H24N2O2S/c1-10(2)13-16-11(9-20-13)8-17-7-5-6-15(3,4)12(17)14(18)19/h9-10,12H,5-8H2,1-4H3,(H,18,19). The van der Waals surface area contributed by atoms with Gasteiger partial charge in [0.05, 0.1) is 10.7 Å². The summed E-state index contributed by atoms with van der Waals surface area (Å²) in [4.78, 5) is 18.3. The summed E-state index contributed by atoms with van der Waals surface area (Å²) < 4.78 is 0. The average Bonchev–Trinajstić information content (AvgIpc) is 2.75. The van der Waals surface area contributed by atoms with Crippen LogP contribution in [0.25, 0.3) is 0 Å². The number of aliphatic carboxylic acids is 1. The number of thiazole rings is 1. The first-order chi connectivity index (χ1) is 9.31. The Balaban J connectivity index is 2.15. The first kappa shape index (κ1) is 15.4. The molecule has 0 radical (unpaired) electrons. The van der Waals surface area contributed by atoms with Gasteiger partial charge in [-0.1, -0.05) is 27.7 Å². The number of piperidine rings is 1. The summed E-state index contributed by atoms with van der Waals surface area (Å²) in [5.74, 6) is -0.282. The van der Waals surface area contributed by atoms with E-state index in [2.05, 4.69) is 43.0 Å². The Bertz CT molecular complexity index is 482. The van der Waals surface area contributed by atoms with Crippen molar-refractivity contribution in [3.05, 3.63) is 16.1 Å². The fraction of sp³-hybridized carbons (Fsp3) is 0.733. The van der Waals surface area contributed by atoms with E-state index in [1.807, 2.05) is 0 Å². The summed E-state index contributed by atoms with van der Waals surface area (Å²) in [6.07, 6.45) is 2.02. The van der Waals surface area contributed by atoms with Crippen molar-refractivity contribution >= 4 is 17.3 Å². The number of carbonyl (C=O) groups is 1. The Kier molecular flexibility index (Phi) is 4.49. The second-order valence-electron chi connectivity index (χ2n) is 6.64.